The predicted octanol–water partition coefficient (Wildman–Crippen LogP) is 1.31. The number of rotatable bonds is 3. The van der Waals surface area contributed by atoms with E-state index >= 15 is 0 Å². The molecule has 0 aliphatic heterocycles. The molecule has 0 aromatic heterocycles. The summed E-state index contributed by atoms with van der Waals surface area (Å²) in [4.78, 5) is 0. The molecule has 0 amide bonds. The molecule has 10 heavy (non-hydrogen) atoms. The fourth-order valence-corrected chi connectivity index (χ4v) is 0.709. The lowest BCUT2D eigenvalue weighted by molar-refractivity contribution is -0.0327. The normalized spacial score (nSPS) is 10.6. The molecule has 0 heterocycles. The molecule has 0 fully saturated rings. The van der Waals surface area contributed by atoms with E-state index in [-0.39, 0.29) is 24.1 Å². The van der Waals surface area contributed by atoms with Gasteiger partial charge in [-0.05, 0) is 11.8 Å². The maximum absolute atomic E-state index is 11.3. The molecule has 0 saturated carbocycles. The van der Waals surface area contributed by atoms with Crippen LogP contribution in [0.1, 0.15) is 0 Å². The molecule has 0 radical (unpaired) electrons. The van der Waals surface area contributed by atoms with Crippen molar-refractivity contribution in [2.45, 2.75) is 5.51 Å². The zero-order valence-electron chi connectivity index (χ0n) is 4.90. The smallest absolute Gasteiger partial charge is 0.323 e. The largest absolute Gasteiger partial charge is 0.441 e. The van der Waals surface area contributed by atoms with Crippen molar-refractivity contribution in [2.75, 3.05) is 12.3 Å². The van der Waals surface area contributed by atoms with Gasteiger partial charge in [-0.25, -0.2) is 0 Å². The summed E-state index contributed by atoms with van der Waals surface area (Å²) in [5.41, 5.74) is -4.18. The van der Waals surface area contributed by atoms with Gasteiger partial charge >= 0.3 is 5.51 Å². The van der Waals surface area contributed by atoms with Crippen LogP contribution >= 0.6 is 11.8 Å². The van der Waals surface area contributed by atoms with E-state index in [1.165, 1.54) is 6.19 Å². The maximum atomic E-state index is 11.3. The number of thioether (sulfide) groups is 1. The Bertz CT molecular complexity index is 127. The molecular formula is C4H5F3N2S. The summed E-state index contributed by atoms with van der Waals surface area (Å²) in [6.45, 7) is 0.0562. The Morgan fingerprint density at radius 2 is 2.10 bits per heavy atom. The van der Waals surface area contributed by atoms with E-state index in [1.54, 1.807) is 0 Å². The first-order chi connectivity index (χ1) is 4.56. The van der Waals surface area contributed by atoms with Crippen molar-refractivity contribution in [3.63, 3.8) is 0 Å². The highest BCUT2D eigenvalue weighted by atomic mass is 32.2. The van der Waals surface area contributed by atoms with Gasteiger partial charge in [-0.3, -0.25) is 0 Å². The van der Waals surface area contributed by atoms with Crippen LogP contribution in [0.3, 0.4) is 0 Å². The monoisotopic (exact) mass is 170 g/mol. The number of nitrogens with zero attached hydrogens (tertiary/aromatic N) is 1. The van der Waals surface area contributed by atoms with Crippen LogP contribution in [-0.4, -0.2) is 17.8 Å². The fraction of sp³-hybridized carbons (Fsp3) is 0.750. The summed E-state index contributed by atoms with van der Waals surface area (Å²) >= 11 is -0.140. The van der Waals surface area contributed by atoms with Gasteiger partial charge in [0.25, 0.3) is 0 Å². The molecule has 0 aliphatic carbocycles. The summed E-state index contributed by atoms with van der Waals surface area (Å²) in [5, 5.41) is 9.95. The quantitative estimate of drug-likeness (QED) is 0.394. The lowest BCUT2D eigenvalue weighted by atomic mass is 10.8. The van der Waals surface area contributed by atoms with Crippen LogP contribution in [0.25, 0.3) is 0 Å². The molecule has 0 aromatic carbocycles. The topological polar surface area (TPSA) is 35.8 Å². The van der Waals surface area contributed by atoms with E-state index in [0.717, 1.165) is 0 Å². The van der Waals surface area contributed by atoms with Crippen LogP contribution in [0.2, 0.25) is 0 Å². The maximum Gasteiger partial charge on any atom is 0.441 e. The van der Waals surface area contributed by atoms with E-state index < -0.39 is 5.51 Å². The second kappa shape index (κ2) is 4.28. The molecule has 0 saturated heterocycles. The molecule has 0 rings (SSSR count). The zero-order valence-corrected chi connectivity index (χ0v) is 5.72. The van der Waals surface area contributed by atoms with E-state index in [0.29, 0.717) is 0 Å². The molecule has 0 atom stereocenters. The Balaban J connectivity index is 3.14. The van der Waals surface area contributed by atoms with Gasteiger partial charge in [0.15, 0.2) is 6.19 Å². The molecule has 0 bridgehead atoms. The lowest BCUT2D eigenvalue weighted by Gasteiger charge is -2.02. The number of nitriles is 1. The van der Waals surface area contributed by atoms with Crippen molar-refractivity contribution < 1.29 is 13.2 Å². The minimum Gasteiger partial charge on any atom is -0.323 e. The number of halogens is 3. The van der Waals surface area contributed by atoms with Gasteiger partial charge in [0.1, 0.15) is 0 Å². The molecule has 0 aromatic rings. The average Bonchev–Trinajstić information content (AvgIpc) is 1.78. The standard InChI is InChI=1S/C4H5F3N2S/c5-4(6,7)10-2-1-9-3-8/h9H,1-2H2. The number of alkyl halides is 3. The highest BCUT2D eigenvalue weighted by Crippen LogP contribution is 2.29. The first kappa shape index (κ1) is 9.43. The van der Waals surface area contributed by atoms with Gasteiger partial charge in [0.05, 0.1) is 0 Å². The van der Waals surface area contributed by atoms with E-state index in [9.17, 15) is 13.2 Å². The molecule has 58 valence electrons. The van der Waals surface area contributed by atoms with Crippen LogP contribution in [0.5, 0.6) is 0 Å². The predicted molar refractivity (Wildman–Crippen MR) is 32.1 cm³/mol. The average molecular weight is 170 g/mol. The number of hydrogen-bond acceptors (Lipinski definition) is 3. The highest BCUT2D eigenvalue weighted by molar-refractivity contribution is 8.00. The molecule has 6 heteroatoms. The van der Waals surface area contributed by atoms with Gasteiger partial charge in [0.2, 0.25) is 0 Å². The summed E-state index contributed by atoms with van der Waals surface area (Å²) in [6.07, 6.45) is 1.52. The summed E-state index contributed by atoms with van der Waals surface area (Å²) in [6, 6.07) is 0. The molecule has 0 unspecified atom stereocenters. The first-order valence-electron chi connectivity index (χ1n) is 2.39. The number of nitrogens with one attached hydrogen (secondary N) is 1. The van der Waals surface area contributed by atoms with E-state index in [2.05, 4.69) is 5.32 Å². The lowest BCUT2D eigenvalue weighted by Crippen LogP contribution is -2.12. The van der Waals surface area contributed by atoms with Crippen LogP contribution < -0.4 is 5.32 Å². The van der Waals surface area contributed by atoms with Gasteiger partial charge in [-0.1, -0.05) is 0 Å². The minimum atomic E-state index is -4.18. The highest BCUT2D eigenvalue weighted by Gasteiger charge is 2.27. The minimum absolute atomic E-state index is 0.0562. The second-order valence-corrected chi connectivity index (χ2v) is 2.49. The van der Waals surface area contributed by atoms with Crippen LogP contribution in [-0.2, 0) is 0 Å². The van der Waals surface area contributed by atoms with Crippen LogP contribution in [0, 0.1) is 11.5 Å². The van der Waals surface area contributed by atoms with Gasteiger partial charge in [-0.15, -0.1) is 0 Å². The molecule has 0 aliphatic rings. The second-order valence-electron chi connectivity index (χ2n) is 1.33. The summed E-state index contributed by atoms with van der Waals surface area (Å²) < 4.78 is 34.0. The van der Waals surface area contributed by atoms with Crippen molar-refractivity contribution in [2.24, 2.45) is 0 Å². The van der Waals surface area contributed by atoms with E-state index in [4.69, 9.17) is 5.26 Å². The Kier molecular flexibility index (Phi) is 4.03. The van der Waals surface area contributed by atoms with E-state index in [1.807, 2.05) is 0 Å². The third-order valence-corrected chi connectivity index (χ3v) is 1.31. The summed E-state index contributed by atoms with van der Waals surface area (Å²) in [5.74, 6) is -0.128. The van der Waals surface area contributed by atoms with Crippen molar-refractivity contribution in [3.05, 3.63) is 0 Å². The van der Waals surface area contributed by atoms with Crippen molar-refractivity contribution in [3.8, 4) is 6.19 Å². The third-order valence-electron chi connectivity index (χ3n) is 0.572. The van der Waals surface area contributed by atoms with Gasteiger partial charge in [0, 0.05) is 12.3 Å². The van der Waals surface area contributed by atoms with Crippen molar-refractivity contribution in [1.29, 1.82) is 5.26 Å². The molecule has 1 N–H and O–H groups in total. The SMILES string of the molecule is N#CNCCSC(F)(F)F. The molecule has 2 nitrogen and oxygen atoms in total. The zero-order chi connectivity index (χ0) is 8.04. The third kappa shape index (κ3) is 7.43. The Morgan fingerprint density at radius 3 is 2.50 bits per heavy atom. The Morgan fingerprint density at radius 1 is 1.50 bits per heavy atom. The van der Waals surface area contributed by atoms with Gasteiger partial charge < -0.3 is 5.32 Å². The van der Waals surface area contributed by atoms with Crippen molar-refractivity contribution >= 4 is 11.8 Å². The van der Waals surface area contributed by atoms with Crippen LogP contribution in [0.15, 0.2) is 0 Å². The molecule has 0 spiro atoms. The fourth-order valence-electron chi connectivity index (χ4n) is 0.274. The first-order valence-corrected chi connectivity index (χ1v) is 3.37. The van der Waals surface area contributed by atoms with Crippen LogP contribution in [0.4, 0.5) is 13.2 Å². The van der Waals surface area contributed by atoms with Gasteiger partial charge in [-0.2, -0.15) is 18.4 Å². The Labute approximate surface area is 60.4 Å². The summed E-state index contributed by atoms with van der Waals surface area (Å²) in [7, 11) is 0. The number of hydrogen-bond donors (Lipinski definition) is 1. The van der Waals surface area contributed by atoms with Crippen molar-refractivity contribution in [1.82, 2.24) is 5.32 Å². The molecular weight excluding hydrogens is 165 g/mol. The Hall–Kier alpha value is -0.570.